The van der Waals surface area contributed by atoms with Crippen LogP contribution < -0.4 is 10.6 Å². The summed E-state index contributed by atoms with van der Waals surface area (Å²) in [6, 6.07) is 1.83. The summed E-state index contributed by atoms with van der Waals surface area (Å²) in [6.07, 6.45) is 0. The summed E-state index contributed by atoms with van der Waals surface area (Å²) in [5, 5.41) is 11.1. The molecule has 1 heterocycles. The number of carboxylic acids is 1. The second-order valence-electron chi connectivity index (χ2n) is 2.99. The maximum Gasteiger partial charge on any atom is 0.323 e. The molecule has 0 radical (unpaired) electrons. The Hall–Kier alpha value is -1.40. The summed E-state index contributed by atoms with van der Waals surface area (Å²) < 4.78 is 0. The third-order valence-electron chi connectivity index (χ3n) is 1.85. The van der Waals surface area contributed by atoms with E-state index in [4.69, 9.17) is 10.8 Å². The molecule has 0 bridgehead atoms. The second kappa shape index (κ2) is 4.90. The van der Waals surface area contributed by atoms with Gasteiger partial charge in [-0.1, -0.05) is 0 Å². The molecule has 0 aliphatic carbocycles. The fraction of sp³-hybridized carbons (Fsp3) is 0.333. The van der Waals surface area contributed by atoms with Gasteiger partial charge in [-0.15, -0.1) is 11.3 Å². The summed E-state index contributed by atoms with van der Waals surface area (Å²) in [7, 11) is 0. The maximum absolute atomic E-state index is 11.4. The molecule has 0 fully saturated rings. The van der Waals surface area contributed by atoms with Crippen LogP contribution in [0.5, 0.6) is 0 Å². The van der Waals surface area contributed by atoms with E-state index in [2.05, 4.69) is 0 Å². The van der Waals surface area contributed by atoms with Gasteiger partial charge in [-0.2, -0.15) is 0 Å². The van der Waals surface area contributed by atoms with Crippen LogP contribution in [0.25, 0.3) is 0 Å². The van der Waals surface area contributed by atoms with E-state index in [1.165, 1.54) is 16.2 Å². The second-order valence-corrected chi connectivity index (χ2v) is 3.88. The van der Waals surface area contributed by atoms with Gasteiger partial charge in [0.2, 0.25) is 5.91 Å². The van der Waals surface area contributed by atoms with Gasteiger partial charge in [-0.05, 0) is 23.9 Å². The van der Waals surface area contributed by atoms with Crippen molar-refractivity contribution < 1.29 is 14.7 Å². The van der Waals surface area contributed by atoms with Gasteiger partial charge in [0, 0.05) is 0 Å². The van der Waals surface area contributed by atoms with Crippen LogP contribution in [0.15, 0.2) is 11.4 Å². The highest BCUT2D eigenvalue weighted by atomic mass is 32.1. The van der Waals surface area contributed by atoms with Gasteiger partial charge in [-0.3, -0.25) is 14.5 Å². The van der Waals surface area contributed by atoms with E-state index in [1.807, 2.05) is 18.4 Å². The number of aryl methyl sites for hydroxylation is 1. The molecule has 3 N–H and O–H groups in total. The van der Waals surface area contributed by atoms with Crippen molar-refractivity contribution in [2.75, 3.05) is 18.0 Å². The van der Waals surface area contributed by atoms with E-state index >= 15 is 0 Å². The van der Waals surface area contributed by atoms with Gasteiger partial charge in [0.05, 0.1) is 6.54 Å². The van der Waals surface area contributed by atoms with Crippen LogP contribution in [0.4, 0.5) is 5.00 Å². The molecule has 0 atom stereocenters. The standard InChI is InChI=1S/C9H12N2O3S/c1-6-2-3-15-9(6)11(5-8(13)14)7(12)4-10/h2-3H,4-5,10H2,1H3,(H,13,14). The van der Waals surface area contributed by atoms with Crippen LogP contribution >= 0.6 is 11.3 Å². The number of carbonyl (C=O) groups excluding carboxylic acids is 1. The van der Waals surface area contributed by atoms with Gasteiger partial charge < -0.3 is 10.8 Å². The lowest BCUT2D eigenvalue weighted by Gasteiger charge is -2.18. The van der Waals surface area contributed by atoms with Crippen LogP contribution in [-0.4, -0.2) is 30.1 Å². The Balaban J connectivity index is 2.96. The maximum atomic E-state index is 11.4. The van der Waals surface area contributed by atoms with Gasteiger partial charge in [0.1, 0.15) is 11.5 Å². The number of aliphatic carboxylic acids is 1. The number of nitrogens with zero attached hydrogens (tertiary/aromatic N) is 1. The number of thiophene rings is 1. The minimum absolute atomic E-state index is 0.190. The summed E-state index contributed by atoms with van der Waals surface area (Å²) in [5.41, 5.74) is 6.10. The number of nitrogens with two attached hydrogens (primary N) is 1. The molecule has 0 spiro atoms. The predicted molar refractivity (Wildman–Crippen MR) is 58.1 cm³/mol. The monoisotopic (exact) mass is 228 g/mol. The van der Waals surface area contributed by atoms with Crippen LogP contribution in [0, 0.1) is 6.92 Å². The molecular weight excluding hydrogens is 216 g/mol. The molecule has 0 saturated carbocycles. The van der Waals surface area contributed by atoms with E-state index < -0.39 is 5.97 Å². The molecule has 15 heavy (non-hydrogen) atoms. The van der Waals surface area contributed by atoms with Crippen molar-refractivity contribution in [1.82, 2.24) is 0 Å². The van der Waals surface area contributed by atoms with Crippen molar-refractivity contribution in [3.63, 3.8) is 0 Å². The Labute approximate surface area is 91.1 Å². The Bertz CT molecular complexity index is 375. The number of hydrogen-bond donors (Lipinski definition) is 2. The van der Waals surface area contributed by atoms with E-state index in [1.54, 1.807) is 0 Å². The average molecular weight is 228 g/mol. The lowest BCUT2D eigenvalue weighted by Crippen LogP contribution is -2.39. The summed E-state index contributed by atoms with van der Waals surface area (Å²) >= 11 is 1.33. The van der Waals surface area contributed by atoms with Crippen LogP contribution in [0.2, 0.25) is 0 Å². The topological polar surface area (TPSA) is 83.6 Å². The number of anilines is 1. The minimum Gasteiger partial charge on any atom is -0.480 e. The Morgan fingerprint density at radius 1 is 1.60 bits per heavy atom. The Morgan fingerprint density at radius 3 is 2.67 bits per heavy atom. The van der Waals surface area contributed by atoms with Crippen molar-refractivity contribution in [2.24, 2.45) is 5.73 Å². The van der Waals surface area contributed by atoms with E-state index in [0.29, 0.717) is 5.00 Å². The molecule has 1 amide bonds. The molecule has 1 aromatic rings. The van der Waals surface area contributed by atoms with E-state index in [0.717, 1.165) is 5.56 Å². The molecule has 1 aromatic heterocycles. The Kier molecular flexibility index (Phi) is 3.81. The lowest BCUT2D eigenvalue weighted by atomic mass is 10.3. The van der Waals surface area contributed by atoms with Crippen molar-refractivity contribution in [2.45, 2.75) is 6.92 Å². The van der Waals surface area contributed by atoms with E-state index in [9.17, 15) is 9.59 Å². The predicted octanol–water partition coefficient (Wildman–Crippen LogP) is 0.433. The van der Waals surface area contributed by atoms with Crippen molar-refractivity contribution in [3.8, 4) is 0 Å². The quantitative estimate of drug-likeness (QED) is 0.783. The fourth-order valence-corrected chi connectivity index (χ4v) is 2.11. The molecule has 0 saturated heterocycles. The number of hydrogen-bond acceptors (Lipinski definition) is 4. The molecule has 0 unspecified atom stereocenters. The first kappa shape index (κ1) is 11.7. The van der Waals surface area contributed by atoms with Crippen molar-refractivity contribution in [3.05, 3.63) is 17.0 Å². The summed E-state index contributed by atoms with van der Waals surface area (Å²) in [5.74, 6) is -1.44. The SMILES string of the molecule is Cc1ccsc1N(CC(=O)O)C(=O)CN. The molecule has 5 nitrogen and oxygen atoms in total. The van der Waals surface area contributed by atoms with Gasteiger partial charge in [0.25, 0.3) is 0 Å². The summed E-state index contributed by atoms with van der Waals surface area (Å²) in [4.78, 5) is 23.2. The highest BCUT2D eigenvalue weighted by Crippen LogP contribution is 2.26. The van der Waals surface area contributed by atoms with Crippen molar-refractivity contribution >= 4 is 28.2 Å². The molecular formula is C9H12N2O3S. The molecule has 0 aliphatic rings. The third-order valence-corrected chi connectivity index (χ3v) is 2.89. The first-order chi connectivity index (χ1) is 7.06. The van der Waals surface area contributed by atoms with E-state index in [-0.39, 0.29) is 19.0 Å². The molecule has 0 aromatic carbocycles. The number of carbonyl (C=O) groups is 2. The largest absolute Gasteiger partial charge is 0.480 e. The number of rotatable bonds is 4. The zero-order valence-electron chi connectivity index (χ0n) is 8.27. The molecule has 6 heteroatoms. The highest BCUT2D eigenvalue weighted by molar-refractivity contribution is 7.14. The van der Waals surface area contributed by atoms with Crippen LogP contribution in [0.1, 0.15) is 5.56 Å². The average Bonchev–Trinajstić information content (AvgIpc) is 2.59. The van der Waals surface area contributed by atoms with Gasteiger partial charge in [0.15, 0.2) is 0 Å². The van der Waals surface area contributed by atoms with Crippen molar-refractivity contribution in [1.29, 1.82) is 0 Å². The normalized spacial score (nSPS) is 10.0. The molecule has 1 rings (SSSR count). The first-order valence-electron chi connectivity index (χ1n) is 4.32. The third kappa shape index (κ3) is 2.77. The molecule has 82 valence electrons. The summed E-state index contributed by atoms with van der Waals surface area (Å²) in [6.45, 7) is 1.28. The number of carboxylic acid groups (broad SMARTS) is 1. The Morgan fingerprint density at radius 2 is 2.27 bits per heavy atom. The highest BCUT2D eigenvalue weighted by Gasteiger charge is 2.19. The number of amides is 1. The smallest absolute Gasteiger partial charge is 0.323 e. The first-order valence-corrected chi connectivity index (χ1v) is 5.20. The van der Waals surface area contributed by atoms with Crippen LogP contribution in [-0.2, 0) is 9.59 Å². The zero-order chi connectivity index (χ0) is 11.4. The van der Waals surface area contributed by atoms with Crippen LogP contribution in [0.3, 0.4) is 0 Å². The lowest BCUT2D eigenvalue weighted by molar-refractivity contribution is -0.136. The van der Waals surface area contributed by atoms with Gasteiger partial charge in [-0.25, -0.2) is 0 Å². The molecule has 0 aliphatic heterocycles. The zero-order valence-corrected chi connectivity index (χ0v) is 9.08. The minimum atomic E-state index is -1.05. The fourth-order valence-electron chi connectivity index (χ4n) is 1.16. The van der Waals surface area contributed by atoms with Gasteiger partial charge >= 0.3 is 5.97 Å².